The van der Waals surface area contributed by atoms with E-state index in [9.17, 15) is 22.8 Å². The molecule has 104 valence electrons. The molecule has 1 rings (SSSR count). The molecule has 0 saturated heterocycles. The fourth-order valence-electron chi connectivity index (χ4n) is 1.13. The van der Waals surface area contributed by atoms with Crippen molar-refractivity contribution >= 4 is 11.6 Å². The number of nitrogens with zero attached hydrogens (tertiary/aromatic N) is 2. The second-order valence-electron chi connectivity index (χ2n) is 3.17. The Morgan fingerprint density at radius 3 is 2.58 bits per heavy atom. The van der Waals surface area contributed by atoms with Crippen molar-refractivity contribution in [2.24, 2.45) is 5.16 Å². The average molecular weight is 278 g/mol. The number of carbonyl (C=O) groups excluding carboxylic acids is 1. The Kier molecular flexibility index (Phi) is 4.25. The monoisotopic (exact) mass is 278 g/mol. The number of hydrogen-bond acceptors (Lipinski definition) is 5. The Labute approximate surface area is 104 Å². The van der Waals surface area contributed by atoms with E-state index in [-0.39, 0.29) is 0 Å². The Hall–Kier alpha value is -2.39. The van der Waals surface area contributed by atoms with Crippen LogP contribution in [0, 0.1) is 0 Å². The van der Waals surface area contributed by atoms with Crippen LogP contribution in [-0.2, 0) is 15.8 Å². The van der Waals surface area contributed by atoms with Gasteiger partial charge in [-0.05, 0) is 0 Å². The molecular formula is C9H9F3N4O3. The van der Waals surface area contributed by atoms with Gasteiger partial charge in [0.2, 0.25) is 5.82 Å². The molecule has 0 aliphatic rings. The number of oxime groups is 1. The number of nitrogens with one attached hydrogen (secondary N) is 2. The van der Waals surface area contributed by atoms with Crippen LogP contribution in [0.5, 0.6) is 0 Å². The molecule has 1 aromatic rings. The normalized spacial score (nSPS) is 12.2. The molecule has 19 heavy (non-hydrogen) atoms. The minimum absolute atomic E-state index is 0.436. The summed E-state index contributed by atoms with van der Waals surface area (Å²) in [6, 6.07) is 0. The van der Waals surface area contributed by atoms with E-state index in [4.69, 9.17) is 0 Å². The molecule has 0 aliphatic carbocycles. The van der Waals surface area contributed by atoms with Gasteiger partial charge in [0.25, 0.3) is 11.5 Å². The van der Waals surface area contributed by atoms with Crippen LogP contribution in [0.4, 0.5) is 13.2 Å². The smallest absolute Gasteiger partial charge is 0.398 e. The maximum atomic E-state index is 12.3. The Morgan fingerprint density at radius 2 is 2.16 bits per heavy atom. The highest BCUT2D eigenvalue weighted by atomic mass is 19.4. The third-order valence-electron chi connectivity index (χ3n) is 1.95. The number of H-pyrrole nitrogens is 1. The summed E-state index contributed by atoms with van der Waals surface area (Å²) in [6.45, 7) is 0. The lowest BCUT2D eigenvalue weighted by Crippen LogP contribution is -2.34. The van der Waals surface area contributed by atoms with Crippen LogP contribution >= 0.6 is 0 Å². The highest BCUT2D eigenvalue weighted by Crippen LogP contribution is 2.24. The van der Waals surface area contributed by atoms with Gasteiger partial charge in [0.05, 0.1) is 5.56 Å². The van der Waals surface area contributed by atoms with Crippen molar-refractivity contribution in [1.29, 1.82) is 0 Å². The van der Waals surface area contributed by atoms with Crippen molar-refractivity contribution < 1.29 is 22.8 Å². The van der Waals surface area contributed by atoms with E-state index in [0.29, 0.717) is 6.20 Å². The quantitative estimate of drug-likeness (QED) is 0.595. The molecular weight excluding hydrogens is 269 g/mol. The summed E-state index contributed by atoms with van der Waals surface area (Å²) in [7, 11) is 2.38. The molecule has 0 atom stereocenters. The first-order valence-electron chi connectivity index (χ1n) is 4.81. The van der Waals surface area contributed by atoms with Gasteiger partial charge >= 0.3 is 6.18 Å². The fraction of sp³-hybridized carbons (Fsp3) is 0.333. The molecule has 0 fully saturated rings. The molecule has 0 bridgehead atoms. The number of halogens is 3. The van der Waals surface area contributed by atoms with Gasteiger partial charge in [-0.1, -0.05) is 5.16 Å². The lowest BCUT2D eigenvalue weighted by Gasteiger charge is -2.07. The summed E-state index contributed by atoms with van der Waals surface area (Å²) in [6.07, 6.45) is -4.18. The standard InChI is InChI=1S/C9H9F3N4O3/c1-13-7(18)5(16-19-2)4-3-14-8(9(10,11)12)15-6(4)17/h3H,1-2H3,(H,13,18)(H,14,15,17)/b16-5+. The fourth-order valence-corrected chi connectivity index (χ4v) is 1.13. The summed E-state index contributed by atoms with van der Waals surface area (Å²) in [5.41, 5.74) is -2.07. The van der Waals surface area contributed by atoms with Gasteiger partial charge in [0.15, 0.2) is 5.71 Å². The van der Waals surface area contributed by atoms with Crippen molar-refractivity contribution in [2.45, 2.75) is 6.18 Å². The zero-order valence-corrected chi connectivity index (χ0v) is 9.83. The van der Waals surface area contributed by atoms with Gasteiger partial charge in [0.1, 0.15) is 7.11 Å². The second kappa shape index (κ2) is 5.50. The largest absolute Gasteiger partial charge is 0.449 e. The average Bonchev–Trinajstić information content (AvgIpc) is 2.34. The number of carbonyl (C=O) groups is 1. The van der Waals surface area contributed by atoms with Crippen LogP contribution in [0.25, 0.3) is 0 Å². The number of aromatic amines is 1. The van der Waals surface area contributed by atoms with Gasteiger partial charge in [0, 0.05) is 13.2 Å². The van der Waals surface area contributed by atoms with Gasteiger partial charge in [-0.15, -0.1) is 0 Å². The van der Waals surface area contributed by atoms with Crippen molar-refractivity contribution in [3.8, 4) is 0 Å². The molecule has 0 aromatic carbocycles. The molecule has 1 amide bonds. The van der Waals surface area contributed by atoms with Crippen molar-refractivity contribution in [1.82, 2.24) is 15.3 Å². The van der Waals surface area contributed by atoms with Gasteiger partial charge < -0.3 is 15.1 Å². The van der Waals surface area contributed by atoms with E-state index >= 15 is 0 Å². The van der Waals surface area contributed by atoms with E-state index in [2.05, 4.69) is 20.3 Å². The van der Waals surface area contributed by atoms with Gasteiger partial charge in [-0.25, -0.2) is 4.98 Å². The Balaban J connectivity index is 3.32. The lowest BCUT2D eigenvalue weighted by atomic mass is 10.2. The summed E-state index contributed by atoms with van der Waals surface area (Å²) >= 11 is 0. The number of likely N-dealkylation sites (N-methyl/N-ethyl adjacent to an activating group) is 1. The van der Waals surface area contributed by atoms with Crippen LogP contribution in [0.1, 0.15) is 11.4 Å². The summed E-state index contributed by atoms with van der Waals surface area (Å²) in [5.74, 6) is -2.26. The predicted molar refractivity (Wildman–Crippen MR) is 57.5 cm³/mol. The summed E-state index contributed by atoms with van der Waals surface area (Å²) < 4.78 is 36.9. The first-order chi connectivity index (χ1) is 8.81. The number of aromatic nitrogens is 2. The molecule has 0 aliphatic heterocycles. The summed E-state index contributed by atoms with van der Waals surface area (Å²) in [4.78, 5) is 31.8. The van der Waals surface area contributed by atoms with Crippen LogP contribution in [-0.4, -0.2) is 35.7 Å². The molecule has 0 unspecified atom stereocenters. The first-order valence-corrected chi connectivity index (χ1v) is 4.81. The molecule has 1 aromatic heterocycles. The maximum Gasteiger partial charge on any atom is 0.449 e. The maximum absolute atomic E-state index is 12.3. The zero-order valence-electron chi connectivity index (χ0n) is 9.83. The third-order valence-corrected chi connectivity index (χ3v) is 1.95. The second-order valence-corrected chi connectivity index (χ2v) is 3.17. The molecule has 10 heteroatoms. The molecule has 0 radical (unpaired) electrons. The summed E-state index contributed by atoms with van der Waals surface area (Å²) in [5, 5.41) is 5.45. The highest BCUT2D eigenvalue weighted by molar-refractivity contribution is 6.45. The SMILES string of the molecule is CNC(=O)/C(=N/OC)c1cnc(C(F)(F)F)[nH]c1=O. The van der Waals surface area contributed by atoms with E-state index < -0.39 is 34.7 Å². The van der Waals surface area contributed by atoms with Crippen LogP contribution in [0.2, 0.25) is 0 Å². The molecule has 7 nitrogen and oxygen atoms in total. The van der Waals surface area contributed by atoms with Gasteiger partial charge in [-0.3, -0.25) is 9.59 Å². The van der Waals surface area contributed by atoms with Crippen molar-refractivity contribution in [2.75, 3.05) is 14.2 Å². The van der Waals surface area contributed by atoms with Crippen LogP contribution in [0.15, 0.2) is 16.1 Å². The van der Waals surface area contributed by atoms with Gasteiger partial charge in [-0.2, -0.15) is 13.2 Å². The Morgan fingerprint density at radius 1 is 1.53 bits per heavy atom. The lowest BCUT2D eigenvalue weighted by molar-refractivity contribution is -0.145. The van der Waals surface area contributed by atoms with E-state index in [1.807, 2.05) is 0 Å². The zero-order chi connectivity index (χ0) is 14.6. The van der Waals surface area contributed by atoms with Crippen molar-refractivity contribution in [3.05, 3.63) is 27.9 Å². The predicted octanol–water partition coefficient (Wildman–Crippen LogP) is -0.115. The highest BCUT2D eigenvalue weighted by Gasteiger charge is 2.34. The number of rotatable bonds is 3. The number of amides is 1. The molecule has 0 spiro atoms. The molecule has 2 N–H and O–H groups in total. The Bertz CT molecular complexity index is 565. The van der Waals surface area contributed by atoms with Crippen LogP contribution < -0.4 is 10.9 Å². The molecule has 0 saturated carbocycles. The minimum Gasteiger partial charge on any atom is -0.398 e. The third kappa shape index (κ3) is 3.30. The molecule has 1 heterocycles. The first kappa shape index (κ1) is 14.7. The van der Waals surface area contributed by atoms with Crippen molar-refractivity contribution in [3.63, 3.8) is 0 Å². The van der Waals surface area contributed by atoms with E-state index in [0.717, 1.165) is 7.11 Å². The van der Waals surface area contributed by atoms with Crippen LogP contribution in [0.3, 0.4) is 0 Å². The number of hydrogen-bond donors (Lipinski definition) is 2. The number of alkyl halides is 3. The minimum atomic E-state index is -4.79. The van der Waals surface area contributed by atoms with E-state index in [1.54, 1.807) is 0 Å². The van der Waals surface area contributed by atoms with E-state index in [1.165, 1.54) is 12.0 Å². The topological polar surface area (TPSA) is 96.4 Å².